The summed E-state index contributed by atoms with van der Waals surface area (Å²) in [5.74, 6) is 0.275. The molecular weight excluding hydrogens is 375 g/mol. The molecule has 146 valence electrons. The monoisotopic (exact) mass is 402 g/mol. The van der Waals surface area contributed by atoms with Crippen molar-refractivity contribution in [3.8, 4) is 0 Å². The largest absolute Gasteiger partial charge is 0.399 e. The Morgan fingerprint density at radius 3 is 2.35 bits per heavy atom. The minimum Gasteiger partial charge on any atom is -0.399 e. The summed E-state index contributed by atoms with van der Waals surface area (Å²) in [7, 11) is 0. The summed E-state index contributed by atoms with van der Waals surface area (Å²) in [6.45, 7) is 3.35. The van der Waals surface area contributed by atoms with E-state index in [0.29, 0.717) is 38.5 Å². The molecule has 0 aromatic heterocycles. The maximum Gasteiger partial charge on any atom is 0.234 e. The number of aryl methyl sites for hydroxylation is 1. The van der Waals surface area contributed by atoms with Gasteiger partial charge in [0.05, 0.1) is 6.54 Å². The zero-order valence-corrected chi connectivity index (χ0v) is 16.5. The van der Waals surface area contributed by atoms with Gasteiger partial charge >= 0.3 is 0 Å². The summed E-state index contributed by atoms with van der Waals surface area (Å²) < 4.78 is 0. The van der Waals surface area contributed by atoms with Gasteiger partial charge in [0.2, 0.25) is 11.8 Å². The first-order chi connectivity index (χ1) is 11.6. The third-order valence-corrected chi connectivity index (χ3v) is 4.70. The molecule has 3 N–H and O–H groups in total. The van der Waals surface area contributed by atoms with Crippen molar-refractivity contribution in [1.29, 1.82) is 0 Å². The summed E-state index contributed by atoms with van der Waals surface area (Å²) in [6.07, 6.45) is 3.38. The van der Waals surface area contributed by atoms with Gasteiger partial charge in [0.1, 0.15) is 0 Å². The van der Waals surface area contributed by atoms with Crippen LogP contribution in [0, 0.1) is 0 Å². The number of nitrogens with one attached hydrogen (secondary N) is 1. The fourth-order valence-electron chi connectivity index (χ4n) is 3.02. The average molecular weight is 403 g/mol. The van der Waals surface area contributed by atoms with Crippen LogP contribution in [0.25, 0.3) is 0 Å². The maximum absolute atomic E-state index is 12.4. The Morgan fingerprint density at radius 2 is 1.73 bits per heavy atom. The van der Waals surface area contributed by atoms with Crippen LogP contribution in [0.4, 0.5) is 5.69 Å². The van der Waals surface area contributed by atoms with Crippen molar-refractivity contribution in [2.24, 2.45) is 0 Å². The molecule has 26 heavy (non-hydrogen) atoms. The lowest BCUT2D eigenvalue weighted by Gasteiger charge is -2.34. The second-order valence-electron chi connectivity index (χ2n) is 6.70. The first-order valence-electron chi connectivity index (χ1n) is 8.74. The van der Waals surface area contributed by atoms with Crippen LogP contribution in [0.1, 0.15) is 24.8 Å². The SMILES string of the molecule is Cl.Cl.Nc1ccccc1CCC(=O)N1CCN(CC(=O)NC2CC2)CC1. The fraction of sp³-hybridized carbons (Fsp3) is 0.556. The first kappa shape index (κ1) is 22.5. The van der Waals surface area contributed by atoms with E-state index in [9.17, 15) is 9.59 Å². The van der Waals surface area contributed by atoms with Gasteiger partial charge in [-0.2, -0.15) is 0 Å². The lowest BCUT2D eigenvalue weighted by atomic mass is 10.1. The Hall–Kier alpha value is -1.50. The molecule has 0 bridgehead atoms. The van der Waals surface area contributed by atoms with Crippen molar-refractivity contribution in [3.63, 3.8) is 0 Å². The van der Waals surface area contributed by atoms with Crippen LogP contribution >= 0.6 is 24.8 Å². The van der Waals surface area contributed by atoms with E-state index in [2.05, 4.69) is 10.2 Å². The van der Waals surface area contributed by atoms with Crippen molar-refractivity contribution in [2.75, 3.05) is 38.5 Å². The topological polar surface area (TPSA) is 78.7 Å². The highest BCUT2D eigenvalue weighted by molar-refractivity contribution is 5.85. The Morgan fingerprint density at radius 1 is 1.08 bits per heavy atom. The minimum absolute atomic E-state index is 0. The third kappa shape index (κ3) is 6.67. The van der Waals surface area contributed by atoms with Crippen LogP contribution < -0.4 is 11.1 Å². The number of nitrogens with zero attached hydrogens (tertiary/aromatic N) is 2. The smallest absolute Gasteiger partial charge is 0.234 e. The van der Waals surface area contributed by atoms with Gasteiger partial charge in [0, 0.05) is 44.3 Å². The van der Waals surface area contributed by atoms with Crippen molar-refractivity contribution in [1.82, 2.24) is 15.1 Å². The molecule has 3 rings (SSSR count). The second kappa shape index (κ2) is 10.6. The zero-order valence-electron chi connectivity index (χ0n) is 14.9. The summed E-state index contributed by atoms with van der Waals surface area (Å²) in [5.41, 5.74) is 7.70. The zero-order chi connectivity index (χ0) is 16.9. The Balaban J connectivity index is 0.00000169. The minimum atomic E-state index is 0. The molecule has 0 unspecified atom stereocenters. The van der Waals surface area contributed by atoms with Crippen LogP contribution in [0.5, 0.6) is 0 Å². The number of halogens is 2. The number of amides is 2. The first-order valence-corrected chi connectivity index (χ1v) is 8.74. The summed E-state index contributed by atoms with van der Waals surface area (Å²) in [4.78, 5) is 28.2. The predicted octanol–water partition coefficient (Wildman–Crippen LogP) is 1.47. The highest BCUT2D eigenvalue weighted by Crippen LogP contribution is 2.18. The van der Waals surface area contributed by atoms with E-state index in [1.807, 2.05) is 29.2 Å². The van der Waals surface area contributed by atoms with E-state index >= 15 is 0 Å². The van der Waals surface area contributed by atoms with Crippen molar-refractivity contribution >= 4 is 42.3 Å². The van der Waals surface area contributed by atoms with Gasteiger partial charge in [-0.15, -0.1) is 24.8 Å². The number of anilines is 1. The van der Waals surface area contributed by atoms with E-state index in [1.54, 1.807) is 0 Å². The van der Waals surface area contributed by atoms with E-state index in [-0.39, 0.29) is 36.6 Å². The molecule has 1 aliphatic carbocycles. The van der Waals surface area contributed by atoms with Crippen LogP contribution in [-0.2, 0) is 16.0 Å². The highest BCUT2D eigenvalue weighted by Gasteiger charge is 2.26. The molecule has 0 spiro atoms. The van der Waals surface area contributed by atoms with Crippen molar-refractivity contribution in [3.05, 3.63) is 29.8 Å². The number of para-hydroxylation sites is 1. The molecule has 0 radical (unpaired) electrons. The van der Waals surface area contributed by atoms with Gasteiger partial charge < -0.3 is 16.0 Å². The van der Waals surface area contributed by atoms with Gasteiger partial charge in [-0.1, -0.05) is 18.2 Å². The van der Waals surface area contributed by atoms with Gasteiger partial charge in [0.25, 0.3) is 0 Å². The molecule has 1 aromatic rings. The quantitative estimate of drug-likeness (QED) is 0.706. The number of carbonyl (C=O) groups excluding carboxylic acids is 2. The molecule has 2 aliphatic rings. The molecule has 1 saturated heterocycles. The van der Waals surface area contributed by atoms with Crippen molar-refractivity contribution in [2.45, 2.75) is 31.7 Å². The Kier molecular flexibility index (Phi) is 9.19. The van der Waals surface area contributed by atoms with E-state index < -0.39 is 0 Å². The van der Waals surface area contributed by atoms with Crippen LogP contribution in [0.3, 0.4) is 0 Å². The summed E-state index contributed by atoms with van der Waals surface area (Å²) in [6, 6.07) is 8.09. The van der Waals surface area contributed by atoms with E-state index in [4.69, 9.17) is 5.73 Å². The summed E-state index contributed by atoms with van der Waals surface area (Å²) >= 11 is 0. The molecule has 8 heteroatoms. The second-order valence-corrected chi connectivity index (χ2v) is 6.70. The predicted molar refractivity (Wildman–Crippen MR) is 108 cm³/mol. The molecule has 1 saturated carbocycles. The highest BCUT2D eigenvalue weighted by atomic mass is 35.5. The van der Waals surface area contributed by atoms with Gasteiger partial charge in [0.15, 0.2) is 0 Å². The molecule has 2 amide bonds. The molecule has 6 nitrogen and oxygen atoms in total. The standard InChI is InChI=1S/C18H26N4O2.2ClH/c19-16-4-2-1-3-14(16)5-8-18(24)22-11-9-21(10-12-22)13-17(23)20-15-6-7-15;;/h1-4,15H,5-13,19H2,(H,20,23);2*1H. The Labute approximate surface area is 167 Å². The molecule has 1 aromatic carbocycles. The lowest BCUT2D eigenvalue weighted by molar-refractivity contribution is -0.133. The number of hydrogen-bond donors (Lipinski definition) is 2. The number of rotatable bonds is 6. The van der Waals surface area contributed by atoms with Crippen LogP contribution in [-0.4, -0.2) is 60.4 Å². The molecule has 0 atom stereocenters. The number of piperazine rings is 1. The van der Waals surface area contributed by atoms with Crippen LogP contribution in [0.15, 0.2) is 24.3 Å². The third-order valence-electron chi connectivity index (χ3n) is 4.70. The number of carbonyl (C=O) groups is 2. The normalized spacial score (nSPS) is 17.0. The molecular formula is C18H28Cl2N4O2. The Bertz CT molecular complexity index is 603. The number of nitrogen functional groups attached to an aromatic ring is 1. The van der Waals surface area contributed by atoms with E-state index in [0.717, 1.165) is 37.2 Å². The van der Waals surface area contributed by atoms with Gasteiger partial charge in [-0.3, -0.25) is 14.5 Å². The fourth-order valence-corrected chi connectivity index (χ4v) is 3.02. The maximum atomic E-state index is 12.4. The van der Waals surface area contributed by atoms with Gasteiger partial charge in [-0.05, 0) is 30.9 Å². The molecule has 1 aliphatic heterocycles. The summed E-state index contributed by atoms with van der Waals surface area (Å²) in [5, 5.41) is 3.01. The number of benzene rings is 1. The van der Waals surface area contributed by atoms with Crippen molar-refractivity contribution < 1.29 is 9.59 Å². The van der Waals surface area contributed by atoms with Gasteiger partial charge in [-0.25, -0.2) is 0 Å². The number of nitrogens with two attached hydrogens (primary N) is 1. The van der Waals surface area contributed by atoms with E-state index in [1.165, 1.54) is 0 Å². The molecule has 2 fully saturated rings. The number of hydrogen-bond acceptors (Lipinski definition) is 4. The average Bonchev–Trinajstić information content (AvgIpc) is 3.38. The molecule has 1 heterocycles. The van der Waals surface area contributed by atoms with Crippen LogP contribution in [0.2, 0.25) is 0 Å². The lowest BCUT2D eigenvalue weighted by Crippen LogP contribution is -2.51.